The van der Waals surface area contributed by atoms with Crippen LogP contribution in [0.4, 0.5) is 10.3 Å². The lowest BCUT2D eigenvalue weighted by molar-refractivity contribution is -0.118. The summed E-state index contributed by atoms with van der Waals surface area (Å²) in [5.74, 6) is 0.238. The van der Waals surface area contributed by atoms with Gasteiger partial charge in [0.25, 0.3) is 0 Å². The van der Waals surface area contributed by atoms with Crippen LogP contribution >= 0.6 is 0 Å². The maximum atomic E-state index is 12.9. The van der Waals surface area contributed by atoms with E-state index in [1.165, 1.54) is 0 Å². The first-order valence-electron chi connectivity index (χ1n) is 12.2. The minimum atomic E-state index is -0.347. The zero-order valence-corrected chi connectivity index (χ0v) is 19.9. The fraction of sp³-hybridized carbons (Fsp3) is 0.520. The number of alkyl halides is 1. The molecule has 0 spiro atoms. The molecule has 1 aromatic carbocycles. The molecule has 2 aliphatic rings. The van der Waals surface area contributed by atoms with Gasteiger partial charge in [0, 0.05) is 48.9 Å². The maximum absolute atomic E-state index is 12.9. The van der Waals surface area contributed by atoms with Gasteiger partial charge in [-0.05, 0) is 37.8 Å². The highest BCUT2D eigenvalue weighted by molar-refractivity contribution is 5.92. The fourth-order valence-corrected chi connectivity index (χ4v) is 5.28. The second-order valence-corrected chi connectivity index (χ2v) is 9.37. The van der Waals surface area contributed by atoms with E-state index in [9.17, 15) is 9.18 Å². The molecular formula is C25H32FN7O. The van der Waals surface area contributed by atoms with Crippen molar-refractivity contribution in [3.8, 4) is 11.1 Å². The molecule has 1 N–H and O–H groups in total. The Hall–Kier alpha value is -2.91. The van der Waals surface area contributed by atoms with Crippen molar-refractivity contribution in [3.05, 3.63) is 36.3 Å². The Balaban J connectivity index is 1.35. The normalized spacial score (nSPS) is 21.1. The van der Waals surface area contributed by atoms with Gasteiger partial charge in [0.1, 0.15) is 6.67 Å². The molecule has 0 radical (unpaired) electrons. The van der Waals surface area contributed by atoms with E-state index < -0.39 is 0 Å². The van der Waals surface area contributed by atoms with Gasteiger partial charge in [-0.15, -0.1) is 0 Å². The number of hydrogen-bond donors (Lipinski definition) is 1. The SMILES string of the molecule is CCC1CCC(C)N1CC(=O)Nc1ncc2ccc(-c3cnn4c3CN(CCF)CC4)cc2n1. The van der Waals surface area contributed by atoms with Gasteiger partial charge in [0.05, 0.1) is 30.5 Å². The molecule has 0 saturated carbocycles. The number of fused-ring (bicyclic) bond motifs is 2. The molecule has 3 aromatic rings. The predicted octanol–water partition coefficient (Wildman–Crippen LogP) is 3.48. The number of carbonyl (C=O) groups is 1. The van der Waals surface area contributed by atoms with E-state index in [0.29, 0.717) is 37.7 Å². The Labute approximate surface area is 199 Å². The summed E-state index contributed by atoms with van der Waals surface area (Å²) in [7, 11) is 0. The second kappa shape index (κ2) is 9.76. The van der Waals surface area contributed by atoms with Crippen molar-refractivity contribution < 1.29 is 9.18 Å². The van der Waals surface area contributed by atoms with E-state index >= 15 is 0 Å². The van der Waals surface area contributed by atoms with Crippen molar-refractivity contribution in [2.24, 2.45) is 0 Å². The number of anilines is 1. The lowest BCUT2D eigenvalue weighted by Crippen LogP contribution is -2.40. The standard InChI is InChI=1S/C25H32FN7O/c1-3-20-7-4-17(2)32(20)16-24(34)30-25-27-13-19-6-5-18(12-22(19)29-25)21-14-28-33-11-10-31(9-8-26)15-23(21)33/h5-6,12-14,17,20H,3-4,7-11,15-16H2,1-2H3,(H,27,29,30,34). The van der Waals surface area contributed by atoms with Crippen LogP contribution < -0.4 is 5.32 Å². The van der Waals surface area contributed by atoms with Crippen molar-refractivity contribution in [3.63, 3.8) is 0 Å². The summed E-state index contributed by atoms with van der Waals surface area (Å²) >= 11 is 0. The van der Waals surface area contributed by atoms with Crippen molar-refractivity contribution in [1.29, 1.82) is 0 Å². The summed E-state index contributed by atoms with van der Waals surface area (Å²) in [6, 6.07) is 6.91. The van der Waals surface area contributed by atoms with Gasteiger partial charge < -0.3 is 0 Å². The lowest BCUT2D eigenvalue weighted by atomic mass is 10.0. The monoisotopic (exact) mass is 465 g/mol. The number of carbonyl (C=O) groups excluding carboxylic acids is 1. The van der Waals surface area contributed by atoms with Crippen LogP contribution in [0.2, 0.25) is 0 Å². The summed E-state index contributed by atoms with van der Waals surface area (Å²) in [5, 5.41) is 8.33. The average molecular weight is 466 g/mol. The quantitative estimate of drug-likeness (QED) is 0.576. The number of rotatable bonds is 7. The van der Waals surface area contributed by atoms with E-state index in [1.54, 1.807) is 6.20 Å². The third-order valence-corrected chi connectivity index (χ3v) is 7.25. The molecule has 1 fully saturated rings. The van der Waals surface area contributed by atoms with Crippen LogP contribution in [0.25, 0.3) is 22.0 Å². The summed E-state index contributed by atoms with van der Waals surface area (Å²) in [4.78, 5) is 26.1. The Morgan fingerprint density at radius 1 is 1.24 bits per heavy atom. The minimum absolute atomic E-state index is 0.0821. The van der Waals surface area contributed by atoms with Crippen molar-refractivity contribution in [1.82, 2.24) is 29.5 Å². The van der Waals surface area contributed by atoms with Crippen molar-refractivity contribution >= 4 is 22.8 Å². The van der Waals surface area contributed by atoms with Gasteiger partial charge in [0.15, 0.2) is 0 Å². The Morgan fingerprint density at radius 2 is 2.12 bits per heavy atom. The largest absolute Gasteiger partial charge is 0.293 e. The van der Waals surface area contributed by atoms with Crippen LogP contribution in [-0.4, -0.2) is 73.8 Å². The predicted molar refractivity (Wildman–Crippen MR) is 130 cm³/mol. The molecular weight excluding hydrogens is 433 g/mol. The maximum Gasteiger partial charge on any atom is 0.240 e. The molecule has 2 aromatic heterocycles. The zero-order chi connectivity index (χ0) is 23.7. The Kier molecular flexibility index (Phi) is 6.56. The molecule has 0 bridgehead atoms. The van der Waals surface area contributed by atoms with Crippen LogP contribution in [0.3, 0.4) is 0 Å². The molecule has 2 unspecified atom stereocenters. The van der Waals surface area contributed by atoms with E-state index in [1.807, 2.05) is 29.1 Å². The highest BCUT2D eigenvalue weighted by Crippen LogP contribution is 2.29. The number of halogens is 1. The van der Waals surface area contributed by atoms with Crippen LogP contribution in [-0.2, 0) is 17.9 Å². The van der Waals surface area contributed by atoms with E-state index in [4.69, 9.17) is 0 Å². The number of hydrogen-bond acceptors (Lipinski definition) is 6. The number of nitrogens with zero attached hydrogens (tertiary/aromatic N) is 6. The molecule has 9 heteroatoms. The van der Waals surface area contributed by atoms with Crippen LogP contribution in [0.15, 0.2) is 30.6 Å². The summed E-state index contributed by atoms with van der Waals surface area (Å²) in [6.45, 7) is 7.05. The van der Waals surface area contributed by atoms with E-state index in [-0.39, 0.29) is 12.6 Å². The molecule has 5 rings (SSSR count). The average Bonchev–Trinajstić information content (AvgIpc) is 3.41. The molecule has 0 aliphatic carbocycles. The summed E-state index contributed by atoms with van der Waals surface area (Å²) < 4.78 is 14.9. The summed E-state index contributed by atoms with van der Waals surface area (Å²) in [6.07, 6.45) is 6.94. The molecule has 8 nitrogen and oxygen atoms in total. The molecule has 1 amide bonds. The number of nitrogens with one attached hydrogen (secondary N) is 1. The Bertz CT molecular complexity index is 1180. The summed E-state index contributed by atoms with van der Waals surface area (Å²) in [5.41, 5.74) is 3.89. The Morgan fingerprint density at radius 3 is 2.94 bits per heavy atom. The first kappa shape index (κ1) is 22.9. The van der Waals surface area contributed by atoms with E-state index in [0.717, 1.165) is 60.1 Å². The second-order valence-electron chi connectivity index (χ2n) is 9.37. The number of benzene rings is 1. The van der Waals surface area contributed by atoms with Gasteiger partial charge >= 0.3 is 0 Å². The molecule has 2 atom stereocenters. The fourth-order valence-electron chi connectivity index (χ4n) is 5.28. The third kappa shape index (κ3) is 4.54. The van der Waals surface area contributed by atoms with Crippen LogP contribution in [0.5, 0.6) is 0 Å². The number of likely N-dealkylation sites (tertiary alicyclic amines) is 1. The van der Waals surface area contributed by atoms with Gasteiger partial charge in [0.2, 0.25) is 11.9 Å². The van der Waals surface area contributed by atoms with E-state index in [2.05, 4.69) is 44.0 Å². The lowest BCUT2D eigenvalue weighted by Gasteiger charge is -2.27. The van der Waals surface area contributed by atoms with Gasteiger partial charge in [-0.25, -0.2) is 14.4 Å². The molecule has 2 aliphatic heterocycles. The molecule has 1 saturated heterocycles. The van der Waals surface area contributed by atoms with Crippen molar-refractivity contribution in [2.75, 3.05) is 31.6 Å². The molecule has 34 heavy (non-hydrogen) atoms. The van der Waals surface area contributed by atoms with Crippen molar-refractivity contribution in [2.45, 2.75) is 58.3 Å². The first-order chi connectivity index (χ1) is 16.6. The highest BCUT2D eigenvalue weighted by Gasteiger charge is 2.30. The zero-order valence-electron chi connectivity index (χ0n) is 19.9. The van der Waals surface area contributed by atoms with Gasteiger partial charge in [-0.1, -0.05) is 19.1 Å². The highest BCUT2D eigenvalue weighted by atomic mass is 19.1. The molecule has 4 heterocycles. The number of amides is 1. The first-order valence-corrected chi connectivity index (χ1v) is 12.2. The van der Waals surface area contributed by atoms with Gasteiger partial charge in [-0.2, -0.15) is 5.10 Å². The van der Waals surface area contributed by atoms with Gasteiger partial charge in [-0.3, -0.25) is 24.6 Å². The number of aromatic nitrogens is 4. The smallest absolute Gasteiger partial charge is 0.240 e. The third-order valence-electron chi connectivity index (χ3n) is 7.25. The molecule has 180 valence electrons. The van der Waals surface area contributed by atoms with Crippen LogP contribution in [0, 0.1) is 0 Å². The van der Waals surface area contributed by atoms with Crippen LogP contribution in [0.1, 0.15) is 38.8 Å². The topological polar surface area (TPSA) is 79.2 Å². The minimum Gasteiger partial charge on any atom is -0.293 e.